The number of nitrogens with zero attached hydrogens (tertiary/aromatic N) is 2. The monoisotopic (exact) mass is 593 g/mol. The molecule has 3 aromatic carbocycles. The molecule has 0 bridgehead atoms. The third-order valence-electron chi connectivity index (χ3n) is 4.33. The summed E-state index contributed by atoms with van der Waals surface area (Å²) >= 11 is 14.0. The van der Waals surface area contributed by atoms with Gasteiger partial charge >= 0.3 is 0 Å². The van der Waals surface area contributed by atoms with E-state index in [1.807, 2.05) is 12.1 Å². The predicted octanol–water partition coefficient (Wildman–Crippen LogP) is 6.63. The summed E-state index contributed by atoms with van der Waals surface area (Å²) in [5, 5.41) is 23.7. The quantitative estimate of drug-likeness (QED) is 0.109. The zero-order valence-electron chi connectivity index (χ0n) is 16.7. The van der Waals surface area contributed by atoms with Crippen LogP contribution in [0.3, 0.4) is 0 Å². The second kappa shape index (κ2) is 11.1. The van der Waals surface area contributed by atoms with Gasteiger partial charge in [-0.3, -0.25) is 14.9 Å². The van der Waals surface area contributed by atoms with Crippen LogP contribution >= 0.6 is 45.8 Å². The number of hydrogen-bond acceptors (Lipinski definition) is 5. The maximum atomic E-state index is 12.5. The van der Waals surface area contributed by atoms with E-state index >= 15 is 0 Å². The number of carbonyl (C=O) groups excluding carboxylic acids is 1. The van der Waals surface area contributed by atoms with Crippen LogP contribution in [0.2, 0.25) is 10.0 Å². The van der Waals surface area contributed by atoms with E-state index in [4.69, 9.17) is 27.9 Å². The van der Waals surface area contributed by atoms with Crippen molar-refractivity contribution in [3.8, 4) is 11.8 Å². The van der Waals surface area contributed by atoms with E-state index in [-0.39, 0.29) is 23.6 Å². The van der Waals surface area contributed by atoms with Crippen LogP contribution in [-0.2, 0) is 11.4 Å². The molecule has 7 nitrogen and oxygen atoms in total. The van der Waals surface area contributed by atoms with Crippen molar-refractivity contribution in [2.45, 2.75) is 6.61 Å². The minimum atomic E-state index is -0.673. The number of ether oxygens (including phenoxy) is 1. The molecule has 0 atom stereocenters. The number of carbonyl (C=O) groups is 1. The lowest BCUT2D eigenvalue weighted by molar-refractivity contribution is -0.384. The number of benzene rings is 3. The van der Waals surface area contributed by atoms with Crippen molar-refractivity contribution in [2.75, 3.05) is 5.32 Å². The molecule has 3 rings (SSSR count). The highest BCUT2D eigenvalue weighted by molar-refractivity contribution is 14.1. The van der Waals surface area contributed by atoms with Crippen LogP contribution in [0.4, 0.5) is 11.4 Å². The van der Waals surface area contributed by atoms with Crippen molar-refractivity contribution >= 4 is 69.2 Å². The summed E-state index contributed by atoms with van der Waals surface area (Å²) in [6.07, 6.45) is 1.43. The van der Waals surface area contributed by atoms with E-state index in [2.05, 4.69) is 27.9 Å². The van der Waals surface area contributed by atoms with Gasteiger partial charge in [-0.15, -0.1) is 0 Å². The molecule has 1 N–H and O–H groups in total. The Kier molecular flexibility index (Phi) is 8.27. The molecule has 0 saturated carbocycles. The summed E-state index contributed by atoms with van der Waals surface area (Å²) < 4.78 is 6.61. The second-order valence-corrected chi connectivity index (χ2v) is 8.63. The van der Waals surface area contributed by atoms with Crippen LogP contribution in [-0.4, -0.2) is 10.8 Å². The molecule has 1 amide bonds. The number of rotatable bonds is 7. The van der Waals surface area contributed by atoms with Gasteiger partial charge in [0.1, 0.15) is 24.0 Å². The molecule has 10 heteroatoms. The van der Waals surface area contributed by atoms with E-state index in [1.165, 1.54) is 30.3 Å². The Morgan fingerprint density at radius 2 is 1.94 bits per heavy atom. The molecule has 33 heavy (non-hydrogen) atoms. The average Bonchev–Trinajstić information content (AvgIpc) is 2.79. The Labute approximate surface area is 212 Å². The Bertz CT molecular complexity index is 1310. The van der Waals surface area contributed by atoms with Gasteiger partial charge in [0.25, 0.3) is 11.6 Å². The maximum Gasteiger partial charge on any atom is 0.271 e. The molecular weight excluding hydrogens is 580 g/mol. The van der Waals surface area contributed by atoms with E-state index < -0.39 is 10.8 Å². The number of nitrogens with one attached hydrogen (secondary N) is 1. The topological polar surface area (TPSA) is 105 Å². The summed E-state index contributed by atoms with van der Waals surface area (Å²) in [5.74, 6) is -0.0497. The lowest BCUT2D eigenvalue weighted by Gasteiger charge is -2.10. The molecule has 0 unspecified atom stereocenters. The predicted molar refractivity (Wildman–Crippen MR) is 135 cm³/mol. The highest BCUT2D eigenvalue weighted by atomic mass is 127. The molecule has 0 fully saturated rings. The Morgan fingerprint density at radius 1 is 1.15 bits per heavy atom. The Morgan fingerprint density at radius 3 is 2.61 bits per heavy atom. The van der Waals surface area contributed by atoms with Gasteiger partial charge < -0.3 is 10.1 Å². The number of hydrogen-bond donors (Lipinski definition) is 1. The van der Waals surface area contributed by atoms with Crippen LogP contribution in [0.25, 0.3) is 6.08 Å². The van der Waals surface area contributed by atoms with Crippen molar-refractivity contribution in [2.24, 2.45) is 0 Å². The third kappa shape index (κ3) is 6.68. The number of nitro benzene ring substituents is 1. The molecular formula is C23H14Cl2IN3O4. The molecule has 0 heterocycles. The lowest BCUT2D eigenvalue weighted by Crippen LogP contribution is -2.13. The molecule has 0 saturated heterocycles. The molecule has 0 radical (unpaired) electrons. The molecule has 0 spiro atoms. The first-order valence-corrected chi connectivity index (χ1v) is 11.1. The summed E-state index contributed by atoms with van der Waals surface area (Å²) in [6, 6.07) is 17.8. The number of non-ortho nitro benzene ring substituents is 1. The van der Waals surface area contributed by atoms with Gasteiger partial charge in [-0.25, -0.2) is 0 Å². The van der Waals surface area contributed by atoms with Gasteiger partial charge in [0.05, 0.1) is 18.5 Å². The first-order valence-electron chi connectivity index (χ1n) is 9.30. The molecule has 0 aliphatic heterocycles. The molecule has 166 valence electrons. The van der Waals surface area contributed by atoms with E-state index in [1.54, 1.807) is 30.3 Å². The summed E-state index contributed by atoms with van der Waals surface area (Å²) in [6.45, 7) is 0.289. The van der Waals surface area contributed by atoms with Crippen molar-refractivity contribution in [1.82, 2.24) is 0 Å². The van der Waals surface area contributed by atoms with E-state index in [0.29, 0.717) is 21.4 Å². The van der Waals surface area contributed by atoms with Crippen molar-refractivity contribution in [3.05, 3.63) is 101 Å². The fourth-order valence-electron chi connectivity index (χ4n) is 2.73. The van der Waals surface area contributed by atoms with Gasteiger partial charge in [0, 0.05) is 17.8 Å². The highest BCUT2D eigenvalue weighted by Crippen LogP contribution is 2.27. The van der Waals surface area contributed by atoms with Crippen LogP contribution in [0.5, 0.6) is 5.75 Å². The fraction of sp³-hybridized carbons (Fsp3) is 0.0435. The number of anilines is 1. The number of nitriles is 1. The normalized spacial score (nSPS) is 10.9. The zero-order valence-corrected chi connectivity index (χ0v) is 20.4. The van der Waals surface area contributed by atoms with E-state index in [9.17, 15) is 20.2 Å². The molecule has 0 aliphatic rings. The first kappa shape index (κ1) is 24.5. The van der Waals surface area contributed by atoms with Crippen molar-refractivity contribution < 1.29 is 14.5 Å². The average molecular weight is 594 g/mol. The van der Waals surface area contributed by atoms with Crippen molar-refractivity contribution in [1.29, 1.82) is 5.26 Å². The fourth-order valence-corrected chi connectivity index (χ4v) is 3.74. The number of nitro groups is 1. The summed E-state index contributed by atoms with van der Waals surface area (Å²) in [5.41, 5.74) is 1.37. The van der Waals surface area contributed by atoms with Crippen LogP contribution < -0.4 is 10.1 Å². The van der Waals surface area contributed by atoms with Crippen molar-refractivity contribution in [3.63, 3.8) is 0 Å². The standard InChI is InChI=1S/C23H14Cl2IN3O4/c24-19-6-4-15(9-20(19)25)13-33-22-7-5-14(10-21(22)26)8-16(12-27)23(30)28-17-2-1-3-18(11-17)29(31)32/h1-11H,13H2,(H,28,30)/b16-8+. The lowest BCUT2D eigenvalue weighted by atomic mass is 10.1. The molecule has 0 aromatic heterocycles. The molecule has 3 aromatic rings. The van der Waals surface area contributed by atoms with Crippen LogP contribution in [0.15, 0.2) is 66.2 Å². The van der Waals surface area contributed by atoms with Crippen LogP contribution in [0, 0.1) is 25.0 Å². The number of halogens is 3. The first-order chi connectivity index (χ1) is 15.8. The van der Waals surface area contributed by atoms with Gasteiger partial charge in [0.2, 0.25) is 0 Å². The molecule has 0 aliphatic carbocycles. The largest absolute Gasteiger partial charge is 0.488 e. The second-order valence-electron chi connectivity index (χ2n) is 6.66. The zero-order chi connectivity index (χ0) is 24.0. The Balaban J connectivity index is 1.71. The number of amides is 1. The minimum absolute atomic E-state index is 0.151. The van der Waals surface area contributed by atoms with Gasteiger partial charge in [0.15, 0.2) is 0 Å². The summed E-state index contributed by atoms with van der Waals surface area (Å²) in [4.78, 5) is 22.8. The smallest absolute Gasteiger partial charge is 0.271 e. The van der Waals surface area contributed by atoms with Gasteiger partial charge in [-0.1, -0.05) is 41.4 Å². The summed E-state index contributed by atoms with van der Waals surface area (Å²) in [7, 11) is 0. The maximum absolute atomic E-state index is 12.5. The van der Waals surface area contributed by atoms with Gasteiger partial charge in [-0.05, 0) is 70.1 Å². The minimum Gasteiger partial charge on any atom is -0.488 e. The van der Waals surface area contributed by atoms with E-state index in [0.717, 1.165) is 9.13 Å². The Hall–Kier alpha value is -3.13. The highest BCUT2D eigenvalue weighted by Gasteiger charge is 2.13. The third-order valence-corrected chi connectivity index (χ3v) is 5.91. The van der Waals surface area contributed by atoms with Gasteiger partial charge in [-0.2, -0.15) is 5.26 Å². The van der Waals surface area contributed by atoms with Crippen LogP contribution in [0.1, 0.15) is 11.1 Å². The SMILES string of the molecule is N#C/C(=C\c1ccc(OCc2ccc(Cl)c(Cl)c2)c(I)c1)C(=O)Nc1cccc([N+](=O)[O-])c1.